The van der Waals surface area contributed by atoms with Gasteiger partial charge in [-0.1, -0.05) is 109 Å². The van der Waals surface area contributed by atoms with E-state index in [1.54, 1.807) is 19.8 Å². The molecule has 2 aromatic heterocycles. The summed E-state index contributed by atoms with van der Waals surface area (Å²) >= 11 is 4.12. The fourth-order valence-electron chi connectivity index (χ4n) is 5.21. The number of benzene rings is 1. The topological polar surface area (TPSA) is 0 Å². The van der Waals surface area contributed by atoms with E-state index in [1.165, 1.54) is 112 Å². The number of hydrogen-bond acceptors (Lipinski definition) is 2. The zero-order valence-corrected chi connectivity index (χ0v) is 22.0. The van der Waals surface area contributed by atoms with Crippen LogP contribution in [0.25, 0.3) is 25.6 Å². The lowest BCUT2D eigenvalue weighted by molar-refractivity contribution is 0.518. The van der Waals surface area contributed by atoms with Gasteiger partial charge in [0, 0.05) is 20.5 Å². The van der Waals surface area contributed by atoms with Crippen molar-refractivity contribution in [3.8, 4) is 0 Å². The molecule has 174 valence electrons. The molecular formula is C30H42S2. The average Bonchev–Trinajstić information content (AvgIpc) is 3.33. The van der Waals surface area contributed by atoms with E-state index in [9.17, 15) is 0 Å². The van der Waals surface area contributed by atoms with Gasteiger partial charge in [0.05, 0.1) is 9.40 Å². The molecule has 0 amide bonds. The van der Waals surface area contributed by atoms with Gasteiger partial charge in [-0.15, -0.1) is 22.7 Å². The highest BCUT2D eigenvalue weighted by Gasteiger charge is 2.21. The van der Waals surface area contributed by atoms with Gasteiger partial charge in [0.1, 0.15) is 0 Å². The van der Waals surface area contributed by atoms with Gasteiger partial charge in [0.25, 0.3) is 0 Å². The van der Waals surface area contributed by atoms with Gasteiger partial charge in [-0.3, -0.25) is 0 Å². The molecule has 0 bridgehead atoms. The Morgan fingerprint density at radius 1 is 0.781 bits per heavy atom. The third kappa shape index (κ3) is 6.06. The highest BCUT2D eigenvalue weighted by atomic mass is 32.1. The van der Waals surface area contributed by atoms with Crippen LogP contribution in [0.5, 0.6) is 0 Å². The fourth-order valence-corrected chi connectivity index (χ4v) is 8.12. The van der Waals surface area contributed by atoms with Crippen molar-refractivity contribution in [2.24, 2.45) is 5.92 Å². The molecule has 0 aliphatic heterocycles. The summed E-state index contributed by atoms with van der Waals surface area (Å²) in [6.45, 7) is 4.59. The molecule has 0 fully saturated rings. The molecule has 0 N–H and O–H groups in total. The molecule has 0 saturated heterocycles. The van der Waals surface area contributed by atoms with Crippen LogP contribution >= 0.6 is 22.7 Å². The van der Waals surface area contributed by atoms with Gasteiger partial charge in [0.15, 0.2) is 0 Å². The van der Waals surface area contributed by atoms with E-state index in [-0.39, 0.29) is 0 Å². The van der Waals surface area contributed by atoms with Crippen LogP contribution in [0.3, 0.4) is 0 Å². The monoisotopic (exact) mass is 466 g/mol. The van der Waals surface area contributed by atoms with Crippen LogP contribution in [0.1, 0.15) is 113 Å². The first-order chi connectivity index (χ1) is 15.8. The van der Waals surface area contributed by atoms with Crippen molar-refractivity contribution in [2.75, 3.05) is 0 Å². The Labute approximate surface area is 204 Å². The number of fused-ring (bicyclic) bond motifs is 5. The summed E-state index contributed by atoms with van der Waals surface area (Å²) in [5.74, 6) is 0.761. The minimum atomic E-state index is 0.761. The van der Waals surface area contributed by atoms with Crippen molar-refractivity contribution < 1.29 is 0 Å². The number of rotatable bonds is 14. The zero-order valence-electron chi connectivity index (χ0n) is 20.4. The lowest BCUT2D eigenvalue weighted by Crippen LogP contribution is -2.04. The van der Waals surface area contributed by atoms with Crippen LogP contribution < -0.4 is 0 Å². The van der Waals surface area contributed by atoms with E-state index >= 15 is 0 Å². The van der Waals surface area contributed by atoms with Crippen LogP contribution in [0.4, 0.5) is 0 Å². The molecule has 0 nitrogen and oxygen atoms in total. The predicted octanol–water partition coefficient (Wildman–Crippen LogP) is 11.0. The Balaban J connectivity index is 1.34. The molecule has 32 heavy (non-hydrogen) atoms. The van der Waals surface area contributed by atoms with E-state index in [4.69, 9.17) is 0 Å². The second-order valence-corrected chi connectivity index (χ2v) is 12.1. The molecule has 1 atom stereocenters. The molecule has 4 rings (SSSR count). The molecule has 2 heterocycles. The average molecular weight is 467 g/mol. The van der Waals surface area contributed by atoms with Crippen molar-refractivity contribution in [1.29, 1.82) is 0 Å². The van der Waals surface area contributed by atoms with E-state index in [2.05, 4.69) is 55.5 Å². The molecule has 0 radical (unpaired) electrons. The third-order valence-electron chi connectivity index (χ3n) is 7.21. The van der Waals surface area contributed by atoms with Crippen molar-refractivity contribution >= 4 is 48.2 Å². The third-order valence-corrected chi connectivity index (χ3v) is 9.79. The van der Waals surface area contributed by atoms with Gasteiger partial charge in [-0.25, -0.2) is 0 Å². The van der Waals surface area contributed by atoms with E-state index in [1.807, 2.05) is 11.3 Å². The first kappa shape index (κ1) is 24.0. The van der Waals surface area contributed by atoms with Gasteiger partial charge >= 0.3 is 0 Å². The van der Waals surface area contributed by atoms with E-state index in [0.29, 0.717) is 0 Å². The van der Waals surface area contributed by atoms with Crippen molar-refractivity contribution in [3.63, 3.8) is 0 Å². The highest BCUT2D eigenvalue weighted by Crippen LogP contribution is 2.46. The highest BCUT2D eigenvalue weighted by molar-refractivity contribution is 7.33. The first-order valence-electron chi connectivity index (χ1n) is 13.4. The second kappa shape index (κ2) is 12.4. The van der Waals surface area contributed by atoms with Crippen LogP contribution in [-0.4, -0.2) is 0 Å². The summed E-state index contributed by atoms with van der Waals surface area (Å²) in [4.78, 5) is 1.64. The first-order valence-corrected chi connectivity index (χ1v) is 15.1. The van der Waals surface area contributed by atoms with Gasteiger partial charge < -0.3 is 0 Å². The van der Waals surface area contributed by atoms with Crippen molar-refractivity contribution in [2.45, 2.75) is 110 Å². The Kier molecular flexibility index (Phi) is 9.29. The smallest absolute Gasteiger partial charge is 0.0538 e. The van der Waals surface area contributed by atoms with Crippen LogP contribution in [0, 0.1) is 5.92 Å². The summed E-state index contributed by atoms with van der Waals surface area (Å²) in [6.07, 6.45) is 25.6. The molecule has 0 spiro atoms. The molecule has 1 aromatic carbocycles. The number of allylic oxidation sites excluding steroid dienone is 1. The lowest BCUT2D eigenvalue weighted by Gasteiger charge is -2.16. The number of unbranched alkanes of at least 4 members (excludes halogenated alkanes) is 10. The molecular weight excluding hydrogens is 424 g/mol. The molecule has 0 saturated carbocycles. The van der Waals surface area contributed by atoms with Crippen LogP contribution in [0.15, 0.2) is 24.3 Å². The van der Waals surface area contributed by atoms with Crippen molar-refractivity contribution in [3.05, 3.63) is 40.3 Å². The summed E-state index contributed by atoms with van der Waals surface area (Å²) in [5, 5.41) is 1.50. The zero-order chi connectivity index (χ0) is 22.2. The van der Waals surface area contributed by atoms with Crippen molar-refractivity contribution in [1.82, 2.24) is 0 Å². The largest absolute Gasteiger partial charge is 0.138 e. The molecule has 1 unspecified atom stereocenters. The van der Waals surface area contributed by atoms with Gasteiger partial charge in [-0.05, 0) is 43.2 Å². The minimum Gasteiger partial charge on any atom is -0.138 e. The SMILES string of the molecule is CCCCCCCCc1ccc2c(c1)sc1c3c(sc12)CC(CCCCCCCC)C=C3. The summed E-state index contributed by atoms with van der Waals surface area (Å²) in [6, 6.07) is 7.30. The number of aryl methyl sites for hydroxylation is 1. The summed E-state index contributed by atoms with van der Waals surface area (Å²) < 4.78 is 4.59. The van der Waals surface area contributed by atoms with Crippen LogP contribution in [-0.2, 0) is 12.8 Å². The summed E-state index contributed by atoms with van der Waals surface area (Å²) in [5.41, 5.74) is 3.08. The second-order valence-electron chi connectivity index (χ2n) is 9.93. The molecule has 2 heteroatoms. The minimum absolute atomic E-state index is 0.761. The van der Waals surface area contributed by atoms with Gasteiger partial charge in [-0.2, -0.15) is 0 Å². The Morgan fingerprint density at radius 2 is 1.50 bits per heavy atom. The number of thiophene rings is 2. The lowest BCUT2D eigenvalue weighted by atomic mass is 9.91. The molecule has 1 aliphatic carbocycles. The Morgan fingerprint density at radius 3 is 2.28 bits per heavy atom. The van der Waals surface area contributed by atoms with E-state index in [0.717, 1.165) is 5.92 Å². The quantitative estimate of drug-likeness (QED) is 0.207. The normalized spacial score (nSPS) is 15.8. The standard InChI is InChI=1S/C30H42S2/c1-3-5-7-9-11-13-15-23-17-19-25-27(21-23)31-30-26-20-18-24(22-28(26)32-29(25)30)16-14-12-10-8-6-4-2/h17-21,24H,3-16,22H2,1-2H3. The summed E-state index contributed by atoms with van der Waals surface area (Å²) in [7, 11) is 0. The fraction of sp³-hybridized carbons (Fsp3) is 0.600. The Bertz CT molecular complexity index is 1000. The van der Waals surface area contributed by atoms with Gasteiger partial charge in [0.2, 0.25) is 0 Å². The maximum absolute atomic E-state index is 2.52. The predicted molar refractivity (Wildman–Crippen MR) is 149 cm³/mol. The maximum atomic E-state index is 2.52. The Hall–Kier alpha value is -1.12. The molecule has 1 aliphatic rings. The van der Waals surface area contributed by atoms with Crippen LogP contribution in [0.2, 0.25) is 0 Å². The van der Waals surface area contributed by atoms with E-state index < -0.39 is 0 Å². The molecule has 3 aromatic rings. The maximum Gasteiger partial charge on any atom is 0.0538 e. The number of hydrogen-bond donors (Lipinski definition) is 0.